The number of ether oxygens (including phenoxy) is 1. The van der Waals surface area contributed by atoms with Crippen LogP contribution >= 0.6 is 11.6 Å². The van der Waals surface area contributed by atoms with E-state index < -0.39 is 6.09 Å². The van der Waals surface area contributed by atoms with Crippen LogP contribution in [0.1, 0.15) is 74.7 Å². The molecule has 1 saturated heterocycles. The summed E-state index contributed by atoms with van der Waals surface area (Å²) in [6, 6.07) is 0.263. The zero-order valence-electron chi connectivity index (χ0n) is 21.0. The smallest absolute Gasteiger partial charge is 0.407 e. The average Bonchev–Trinajstić information content (AvgIpc) is 2.66. The van der Waals surface area contributed by atoms with E-state index in [2.05, 4.69) is 70.3 Å². The molecule has 1 fully saturated rings. The number of hydrogen-bond acceptors (Lipinski definition) is 5. The minimum absolute atomic E-state index is 0.263. The van der Waals surface area contributed by atoms with Crippen LogP contribution in [-0.4, -0.2) is 58.4 Å². The van der Waals surface area contributed by atoms with E-state index in [4.69, 9.17) is 21.4 Å². The Kier molecular flexibility index (Phi) is 8.30. The van der Waals surface area contributed by atoms with Crippen molar-refractivity contribution in [1.82, 2.24) is 14.9 Å². The fourth-order valence-electron chi connectivity index (χ4n) is 4.34. The first-order valence-electron chi connectivity index (χ1n) is 11.5. The summed E-state index contributed by atoms with van der Waals surface area (Å²) in [4.78, 5) is 22.7. The van der Waals surface area contributed by atoms with Crippen LogP contribution < -0.4 is 9.64 Å². The van der Waals surface area contributed by atoms with Crippen LogP contribution in [0, 0.1) is 16.2 Å². The monoisotopic (exact) mass is 468 g/mol. The number of amides is 1. The highest BCUT2D eigenvalue weighted by Crippen LogP contribution is 2.45. The Labute approximate surface area is 198 Å². The summed E-state index contributed by atoms with van der Waals surface area (Å²) in [6.45, 7) is 21.1. The predicted octanol–water partition coefficient (Wildman–Crippen LogP) is 5.97. The van der Waals surface area contributed by atoms with Crippen molar-refractivity contribution in [3.63, 3.8) is 0 Å². The summed E-state index contributed by atoms with van der Waals surface area (Å²) < 4.78 is 5.53. The van der Waals surface area contributed by atoms with Gasteiger partial charge in [-0.2, -0.15) is 0 Å². The second-order valence-corrected chi connectivity index (χ2v) is 12.1. The van der Waals surface area contributed by atoms with Crippen LogP contribution in [-0.2, 0) is 0 Å². The first-order valence-corrected chi connectivity index (χ1v) is 11.9. The maximum atomic E-state index is 10.9. The van der Waals surface area contributed by atoms with Crippen molar-refractivity contribution in [2.75, 3.05) is 31.1 Å². The number of carboxylic acid groups (broad SMARTS) is 1. The highest BCUT2D eigenvalue weighted by Gasteiger charge is 2.36. The molecule has 0 spiro atoms. The first kappa shape index (κ1) is 26.5. The third-order valence-electron chi connectivity index (χ3n) is 6.77. The summed E-state index contributed by atoms with van der Waals surface area (Å²) in [5.74, 6) is 1.24. The molecule has 0 bridgehead atoms. The number of fused-ring (bicyclic) bond motifs is 1. The van der Waals surface area contributed by atoms with Crippen LogP contribution in [0.25, 0.3) is 0 Å². The fourth-order valence-corrected chi connectivity index (χ4v) is 4.52. The van der Waals surface area contributed by atoms with Crippen molar-refractivity contribution < 1.29 is 14.6 Å². The lowest BCUT2D eigenvalue weighted by atomic mass is 9.63. The Balaban J connectivity index is 0.000000262. The molecule has 1 amide bonds. The summed E-state index contributed by atoms with van der Waals surface area (Å²) in [7, 11) is 0. The molecular formula is C24H41ClN4O3. The average molecular weight is 469 g/mol. The van der Waals surface area contributed by atoms with E-state index in [9.17, 15) is 4.79 Å². The van der Waals surface area contributed by atoms with Crippen LogP contribution in [0.2, 0.25) is 5.15 Å². The summed E-state index contributed by atoms with van der Waals surface area (Å²) in [5.41, 5.74) is 1.27. The highest BCUT2D eigenvalue weighted by atomic mass is 35.5. The molecule has 0 unspecified atom stereocenters. The van der Waals surface area contributed by atoms with Gasteiger partial charge in [0.2, 0.25) is 0 Å². The number of halogens is 1. The molecule has 3 heterocycles. The molecule has 182 valence electrons. The lowest BCUT2D eigenvalue weighted by Gasteiger charge is -2.43. The third-order valence-corrected chi connectivity index (χ3v) is 7.04. The molecule has 0 atom stereocenters. The first-order chi connectivity index (χ1) is 14.6. The minimum atomic E-state index is -0.851. The van der Waals surface area contributed by atoms with Crippen molar-refractivity contribution in [2.24, 2.45) is 16.2 Å². The van der Waals surface area contributed by atoms with Gasteiger partial charge in [-0.15, -0.1) is 0 Å². The second-order valence-electron chi connectivity index (χ2n) is 11.7. The van der Waals surface area contributed by atoms with Gasteiger partial charge >= 0.3 is 6.09 Å². The predicted molar refractivity (Wildman–Crippen MR) is 130 cm³/mol. The molecule has 8 heteroatoms. The Morgan fingerprint density at radius 2 is 1.69 bits per heavy atom. The molecule has 2 aliphatic rings. The van der Waals surface area contributed by atoms with Gasteiger partial charge in [0, 0.05) is 19.1 Å². The number of carbonyl (C=O) groups is 1. The quantitative estimate of drug-likeness (QED) is 0.539. The summed E-state index contributed by atoms with van der Waals surface area (Å²) in [5, 5.41) is 9.31. The van der Waals surface area contributed by atoms with Crippen LogP contribution in [0.15, 0.2) is 6.33 Å². The van der Waals surface area contributed by atoms with Crippen molar-refractivity contribution >= 4 is 23.5 Å². The Morgan fingerprint density at radius 1 is 1.09 bits per heavy atom. The topological polar surface area (TPSA) is 78.8 Å². The molecule has 2 aliphatic heterocycles. The number of aromatic nitrogens is 2. The second kappa shape index (κ2) is 10.0. The van der Waals surface area contributed by atoms with Crippen molar-refractivity contribution in [1.29, 1.82) is 0 Å². The number of hydrogen-bond donors (Lipinski definition) is 1. The Bertz CT molecular complexity index is 778. The maximum absolute atomic E-state index is 10.9. The van der Waals surface area contributed by atoms with Crippen LogP contribution in [0.4, 0.5) is 10.6 Å². The van der Waals surface area contributed by atoms with Gasteiger partial charge in [-0.3, -0.25) is 0 Å². The largest absolute Gasteiger partial charge is 0.485 e. The molecule has 0 radical (unpaired) electrons. The van der Waals surface area contributed by atoms with Crippen molar-refractivity contribution in [3.05, 3.63) is 11.5 Å². The third kappa shape index (κ3) is 6.87. The highest BCUT2D eigenvalue weighted by molar-refractivity contribution is 6.31. The number of piperidine rings is 1. The van der Waals surface area contributed by atoms with Crippen molar-refractivity contribution in [3.8, 4) is 5.75 Å². The van der Waals surface area contributed by atoms with E-state index in [-0.39, 0.29) is 6.04 Å². The number of rotatable bonds is 2. The lowest BCUT2D eigenvalue weighted by molar-refractivity contribution is 0.0743. The van der Waals surface area contributed by atoms with E-state index in [1.807, 2.05) is 0 Å². The zero-order chi connectivity index (χ0) is 24.3. The maximum Gasteiger partial charge on any atom is 0.407 e. The van der Waals surface area contributed by atoms with Gasteiger partial charge in [0.05, 0.1) is 6.54 Å². The van der Waals surface area contributed by atoms with Gasteiger partial charge in [-0.25, -0.2) is 14.8 Å². The molecule has 32 heavy (non-hydrogen) atoms. The van der Waals surface area contributed by atoms with E-state index in [1.54, 1.807) is 0 Å². The standard InChI is InChI=1S/C12H15ClN4O3.C12H26/c13-10-9-11(15-7-14-10)17(5-6-20-9)8-1-3-16(4-2-8)12(18)19;1-10(2,3)9-12(7,8)11(4,5)6/h7-8H,1-6H2,(H,18,19);9H2,1-8H3. The van der Waals surface area contributed by atoms with Crippen LogP contribution in [0.5, 0.6) is 5.75 Å². The molecule has 7 nitrogen and oxygen atoms in total. The van der Waals surface area contributed by atoms with Gasteiger partial charge < -0.3 is 19.6 Å². The minimum Gasteiger partial charge on any atom is -0.485 e. The Hall–Kier alpha value is -1.76. The number of likely N-dealkylation sites (tertiary alicyclic amines) is 1. The zero-order valence-corrected chi connectivity index (χ0v) is 21.8. The van der Waals surface area contributed by atoms with Gasteiger partial charge in [0.1, 0.15) is 12.9 Å². The summed E-state index contributed by atoms with van der Waals surface area (Å²) in [6.07, 6.45) is 3.43. The normalized spacial score (nSPS) is 17.8. The number of nitrogens with zero attached hydrogens (tertiary/aromatic N) is 4. The van der Waals surface area contributed by atoms with E-state index in [0.717, 1.165) is 19.4 Å². The molecule has 0 aromatic carbocycles. The van der Waals surface area contributed by atoms with Crippen LogP contribution in [0.3, 0.4) is 0 Å². The molecular weight excluding hydrogens is 428 g/mol. The SMILES string of the molecule is CC(C)(C)CC(C)(C)C(C)(C)C.O=C(O)N1CCC(N2CCOc3c(Cl)ncnc32)CC1. The molecule has 1 aromatic rings. The molecule has 3 rings (SSSR count). The van der Waals surface area contributed by atoms with Crippen molar-refractivity contribution in [2.45, 2.75) is 80.7 Å². The molecule has 1 aromatic heterocycles. The van der Waals surface area contributed by atoms with Gasteiger partial charge in [-0.05, 0) is 35.5 Å². The molecule has 0 saturated carbocycles. The van der Waals surface area contributed by atoms with E-state index in [1.165, 1.54) is 17.6 Å². The summed E-state index contributed by atoms with van der Waals surface area (Å²) >= 11 is 6.02. The van der Waals surface area contributed by atoms with Gasteiger partial charge in [0.25, 0.3) is 0 Å². The molecule has 0 aliphatic carbocycles. The Morgan fingerprint density at radius 3 is 2.16 bits per heavy atom. The molecule has 1 N–H and O–H groups in total. The number of anilines is 1. The van der Waals surface area contributed by atoms with Gasteiger partial charge in [0.15, 0.2) is 16.7 Å². The van der Waals surface area contributed by atoms with E-state index in [0.29, 0.717) is 52.7 Å². The fraction of sp³-hybridized carbons (Fsp3) is 0.792. The van der Waals surface area contributed by atoms with Gasteiger partial charge in [-0.1, -0.05) is 67.0 Å². The van der Waals surface area contributed by atoms with E-state index >= 15 is 0 Å². The lowest BCUT2D eigenvalue weighted by Crippen LogP contribution is -2.49.